The van der Waals surface area contributed by atoms with Gasteiger partial charge >= 0.3 is 0 Å². The van der Waals surface area contributed by atoms with Crippen LogP contribution >= 0.6 is 23.4 Å². The summed E-state index contributed by atoms with van der Waals surface area (Å²) < 4.78 is 1.34. The van der Waals surface area contributed by atoms with Crippen LogP contribution in [0.1, 0.15) is 16.8 Å². The van der Waals surface area contributed by atoms with Crippen LogP contribution in [0.5, 0.6) is 0 Å². The van der Waals surface area contributed by atoms with Crippen molar-refractivity contribution in [3.05, 3.63) is 56.7 Å². The van der Waals surface area contributed by atoms with Gasteiger partial charge in [0.05, 0.1) is 22.3 Å². The van der Waals surface area contributed by atoms with Crippen LogP contribution in [0.25, 0.3) is 5.78 Å². The van der Waals surface area contributed by atoms with E-state index in [1.54, 1.807) is 23.9 Å². The summed E-state index contributed by atoms with van der Waals surface area (Å²) in [5.41, 5.74) is 1.75. The first-order chi connectivity index (χ1) is 11.1. The Morgan fingerprint density at radius 1 is 1.48 bits per heavy atom. The molecule has 1 aromatic carbocycles. The standard InChI is InChI=1S/C15H12ClN5OS/c1-9-11(14(22)21-15(20-9)18-8-19-21)4-5-23-13-3-2-10(7-17)6-12(13)16/h2-3,6,8H,4-5H2,1H3,(H,18,19,20). The molecule has 0 unspecified atom stereocenters. The summed E-state index contributed by atoms with van der Waals surface area (Å²) in [4.78, 5) is 21.6. The predicted molar refractivity (Wildman–Crippen MR) is 88.9 cm³/mol. The number of hydrogen-bond acceptors (Lipinski definition) is 5. The fraction of sp³-hybridized carbons (Fsp3) is 0.200. The van der Waals surface area contributed by atoms with E-state index in [4.69, 9.17) is 16.9 Å². The van der Waals surface area contributed by atoms with Gasteiger partial charge in [0.25, 0.3) is 11.3 Å². The van der Waals surface area contributed by atoms with Gasteiger partial charge in [-0.05, 0) is 31.5 Å². The minimum Gasteiger partial charge on any atom is -0.278 e. The number of hydrogen-bond donors (Lipinski definition) is 1. The fourth-order valence-corrected chi connectivity index (χ4v) is 3.47. The van der Waals surface area contributed by atoms with E-state index in [1.807, 2.05) is 13.0 Å². The number of halogens is 1. The molecule has 6 nitrogen and oxygen atoms in total. The molecule has 0 saturated heterocycles. The summed E-state index contributed by atoms with van der Waals surface area (Å²) >= 11 is 7.70. The molecule has 0 fully saturated rings. The van der Waals surface area contributed by atoms with E-state index in [-0.39, 0.29) is 5.56 Å². The highest BCUT2D eigenvalue weighted by Gasteiger charge is 2.11. The van der Waals surface area contributed by atoms with Gasteiger partial charge in [0.2, 0.25) is 0 Å². The normalized spacial score (nSPS) is 10.8. The van der Waals surface area contributed by atoms with Gasteiger partial charge in [0.1, 0.15) is 6.33 Å². The van der Waals surface area contributed by atoms with Gasteiger partial charge in [-0.1, -0.05) is 11.6 Å². The maximum atomic E-state index is 12.4. The van der Waals surface area contributed by atoms with Gasteiger partial charge < -0.3 is 0 Å². The smallest absolute Gasteiger partial charge is 0.277 e. The van der Waals surface area contributed by atoms with E-state index < -0.39 is 0 Å². The number of benzene rings is 1. The molecule has 0 aliphatic carbocycles. The van der Waals surface area contributed by atoms with Crippen molar-refractivity contribution in [2.75, 3.05) is 5.75 Å². The van der Waals surface area contributed by atoms with Crippen molar-refractivity contribution in [3.8, 4) is 6.07 Å². The summed E-state index contributed by atoms with van der Waals surface area (Å²) in [7, 11) is 0. The van der Waals surface area contributed by atoms with Gasteiger partial charge in [-0.2, -0.15) is 9.78 Å². The Bertz CT molecular complexity index is 972. The van der Waals surface area contributed by atoms with Crippen molar-refractivity contribution in [2.24, 2.45) is 0 Å². The third kappa shape index (κ3) is 3.09. The molecule has 0 bridgehead atoms. The van der Waals surface area contributed by atoms with Gasteiger partial charge in [-0.3, -0.25) is 9.89 Å². The number of H-pyrrole nitrogens is 1. The quantitative estimate of drug-likeness (QED) is 0.734. The Labute approximate surface area is 141 Å². The van der Waals surface area contributed by atoms with E-state index in [9.17, 15) is 4.79 Å². The van der Waals surface area contributed by atoms with E-state index >= 15 is 0 Å². The fourth-order valence-electron chi connectivity index (χ4n) is 2.23. The zero-order chi connectivity index (χ0) is 16.4. The van der Waals surface area contributed by atoms with Gasteiger partial charge in [-0.15, -0.1) is 11.8 Å². The first-order valence-electron chi connectivity index (χ1n) is 6.84. The molecular formula is C15H12ClN5OS. The van der Waals surface area contributed by atoms with Crippen LogP contribution < -0.4 is 5.56 Å². The number of nitrogens with one attached hydrogen (secondary N) is 1. The van der Waals surface area contributed by atoms with Crippen molar-refractivity contribution in [2.45, 2.75) is 18.2 Å². The third-order valence-electron chi connectivity index (χ3n) is 3.40. The number of nitriles is 1. The van der Waals surface area contributed by atoms with Crippen molar-refractivity contribution in [3.63, 3.8) is 0 Å². The molecule has 0 saturated carbocycles. The number of rotatable bonds is 4. The van der Waals surface area contributed by atoms with Crippen LogP contribution in [-0.4, -0.2) is 25.3 Å². The number of aryl methyl sites for hydroxylation is 1. The molecule has 0 spiro atoms. The summed E-state index contributed by atoms with van der Waals surface area (Å²) in [6.07, 6.45) is 2.01. The van der Waals surface area contributed by atoms with Gasteiger partial charge in [0, 0.05) is 16.2 Å². The average Bonchev–Trinajstić information content (AvgIpc) is 3.00. The Hall–Kier alpha value is -2.30. The zero-order valence-corrected chi connectivity index (χ0v) is 13.8. The summed E-state index contributed by atoms with van der Waals surface area (Å²) in [5, 5.41) is 12.1. The molecule has 3 rings (SSSR count). The Morgan fingerprint density at radius 3 is 3.04 bits per heavy atom. The van der Waals surface area contributed by atoms with Crippen molar-refractivity contribution in [1.29, 1.82) is 5.26 Å². The second-order valence-electron chi connectivity index (χ2n) is 4.86. The van der Waals surface area contributed by atoms with Crippen LogP contribution in [-0.2, 0) is 6.42 Å². The second kappa shape index (κ2) is 6.44. The van der Waals surface area contributed by atoms with Crippen LogP contribution in [0, 0.1) is 18.3 Å². The highest BCUT2D eigenvalue weighted by atomic mass is 35.5. The Balaban J connectivity index is 1.77. The first kappa shape index (κ1) is 15.6. The highest BCUT2D eigenvalue weighted by Crippen LogP contribution is 2.28. The summed E-state index contributed by atoms with van der Waals surface area (Å²) in [6.45, 7) is 1.81. The maximum absolute atomic E-state index is 12.4. The monoisotopic (exact) mass is 345 g/mol. The molecule has 0 aliphatic heterocycles. The number of fused-ring (bicyclic) bond motifs is 1. The number of nitrogens with zero attached hydrogens (tertiary/aromatic N) is 4. The van der Waals surface area contributed by atoms with E-state index in [2.05, 4.69) is 21.1 Å². The predicted octanol–water partition coefficient (Wildman–Crippen LogP) is 2.59. The van der Waals surface area contributed by atoms with Crippen LogP contribution in [0.3, 0.4) is 0 Å². The molecular weight excluding hydrogens is 334 g/mol. The molecule has 0 amide bonds. The third-order valence-corrected chi connectivity index (χ3v) is 4.90. The molecule has 3 aromatic rings. The van der Waals surface area contributed by atoms with Crippen molar-refractivity contribution >= 4 is 29.1 Å². The SMILES string of the molecule is Cc1nc2nc[nH]n2c(=O)c1CCSc1ccc(C#N)cc1Cl. The summed E-state index contributed by atoms with van der Waals surface area (Å²) in [5.74, 6) is 1.06. The number of thioether (sulfide) groups is 1. The molecule has 0 atom stereocenters. The van der Waals surface area contributed by atoms with Crippen molar-refractivity contribution < 1.29 is 0 Å². The largest absolute Gasteiger partial charge is 0.278 e. The second-order valence-corrected chi connectivity index (χ2v) is 6.40. The van der Waals surface area contributed by atoms with Gasteiger partial charge in [0.15, 0.2) is 0 Å². The van der Waals surface area contributed by atoms with Crippen LogP contribution in [0.2, 0.25) is 5.02 Å². The first-order valence-corrected chi connectivity index (χ1v) is 8.20. The lowest BCUT2D eigenvalue weighted by molar-refractivity contribution is 0.854. The van der Waals surface area contributed by atoms with E-state index in [0.29, 0.717) is 39.8 Å². The lowest BCUT2D eigenvalue weighted by Crippen LogP contribution is -2.22. The van der Waals surface area contributed by atoms with Gasteiger partial charge in [-0.25, -0.2) is 9.97 Å². The number of aromatic nitrogens is 4. The molecule has 2 aromatic heterocycles. The van der Waals surface area contributed by atoms with Crippen LogP contribution in [0.4, 0.5) is 0 Å². The highest BCUT2D eigenvalue weighted by molar-refractivity contribution is 7.99. The lowest BCUT2D eigenvalue weighted by atomic mass is 10.2. The topological polar surface area (TPSA) is 86.8 Å². The Morgan fingerprint density at radius 2 is 2.30 bits per heavy atom. The molecule has 2 heterocycles. The number of aromatic amines is 1. The molecule has 0 aliphatic rings. The zero-order valence-electron chi connectivity index (χ0n) is 12.2. The molecule has 8 heteroatoms. The van der Waals surface area contributed by atoms with E-state index in [1.165, 1.54) is 10.8 Å². The van der Waals surface area contributed by atoms with Crippen LogP contribution in [0.15, 0.2) is 34.2 Å². The molecule has 1 N–H and O–H groups in total. The Kier molecular flexibility index (Phi) is 4.37. The lowest BCUT2D eigenvalue weighted by Gasteiger charge is -2.06. The van der Waals surface area contributed by atoms with E-state index in [0.717, 1.165) is 4.90 Å². The molecule has 23 heavy (non-hydrogen) atoms. The molecule has 0 radical (unpaired) electrons. The minimum atomic E-state index is -0.128. The average molecular weight is 346 g/mol. The maximum Gasteiger partial charge on any atom is 0.277 e. The van der Waals surface area contributed by atoms with Crippen molar-refractivity contribution in [1.82, 2.24) is 19.6 Å². The minimum absolute atomic E-state index is 0.128. The summed E-state index contributed by atoms with van der Waals surface area (Å²) in [6, 6.07) is 7.24. The molecule has 116 valence electrons.